The number of nitrogens with zero attached hydrogens (tertiary/aromatic N) is 4. The normalized spacial score (nSPS) is 17.1. The molecule has 9 heteroatoms. The number of benzene rings is 2. The van der Waals surface area contributed by atoms with Crippen LogP contribution in [-0.4, -0.2) is 44.1 Å². The second-order valence-electron chi connectivity index (χ2n) is 8.76. The molecule has 0 saturated carbocycles. The van der Waals surface area contributed by atoms with Gasteiger partial charge in [0.2, 0.25) is 0 Å². The standard InChI is InChI=1S/C27H28N6O3/c1-17-23(19-15-28-27(36-2)29-16-19)32-33(20-11-4-3-5-12-20)25(17)31-26(35)30-24-21-13-7-6-9-18(21)10-8-14-22(24)34/h3-7,9,11-13,15-16,22,24,34H,8,10,14H2,1-2H3,(H2,30,31,35)/t22-,24-/m0/s1. The highest BCUT2D eigenvalue weighted by Crippen LogP contribution is 2.32. The Morgan fingerprint density at radius 2 is 1.81 bits per heavy atom. The summed E-state index contributed by atoms with van der Waals surface area (Å²) < 4.78 is 6.75. The number of anilines is 1. The molecule has 5 rings (SSSR count). The van der Waals surface area contributed by atoms with Gasteiger partial charge in [-0.05, 0) is 49.4 Å². The molecular formula is C27H28N6O3. The summed E-state index contributed by atoms with van der Waals surface area (Å²) in [6.07, 6.45) is 4.96. The maximum atomic E-state index is 13.3. The van der Waals surface area contributed by atoms with Gasteiger partial charge in [-0.3, -0.25) is 5.32 Å². The maximum Gasteiger partial charge on any atom is 0.320 e. The van der Waals surface area contributed by atoms with E-state index in [-0.39, 0.29) is 6.01 Å². The Kier molecular flexibility index (Phi) is 6.64. The van der Waals surface area contributed by atoms with Gasteiger partial charge >= 0.3 is 12.0 Å². The summed E-state index contributed by atoms with van der Waals surface area (Å²) in [5, 5.41) is 21.6. The number of fused-ring (bicyclic) bond motifs is 1. The van der Waals surface area contributed by atoms with E-state index in [1.54, 1.807) is 17.1 Å². The van der Waals surface area contributed by atoms with E-state index in [0.717, 1.165) is 35.2 Å². The van der Waals surface area contributed by atoms with Crippen LogP contribution in [-0.2, 0) is 6.42 Å². The van der Waals surface area contributed by atoms with Gasteiger partial charge in [0.1, 0.15) is 11.5 Å². The first-order chi connectivity index (χ1) is 17.5. The number of carbonyl (C=O) groups excluding carboxylic acids is 1. The lowest BCUT2D eigenvalue weighted by Gasteiger charge is -2.24. The third kappa shape index (κ3) is 4.65. The molecule has 0 aliphatic heterocycles. The second kappa shape index (κ2) is 10.2. The van der Waals surface area contributed by atoms with E-state index in [1.807, 2.05) is 55.5 Å². The molecule has 184 valence electrons. The number of ether oxygens (including phenoxy) is 1. The third-order valence-corrected chi connectivity index (χ3v) is 6.45. The minimum Gasteiger partial charge on any atom is -0.467 e. The van der Waals surface area contributed by atoms with E-state index in [1.165, 1.54) is 7.11 Å². The molecule has 0 spiro atoms. The van der Waals surface area contributed by atoms with Gasteiger partial charge in [-0.1, -0.05) is 42.5 Å². The predicted octanol–water partition coefficient (Wildman–Crippen LogP) is 4.21. The number of para-hydroxylation sites is 1. The molecule has 9 nitrogen and oxygen atoms in total. The van der Waals surface area contributed by atoms with Crippen molar-refractivity contribution in [3.8, 4) is 23.0 Å². The fourth-order valence-corrected chi connectivity index (χ4v) is 4.62. The smallest absolute Gasteiger partial charge is 0.320 e. The minimum absolute atomic E-state index is 0.263. The molecule has 1 aliphatic rings. The van der Waals surface area contributed by atoms with Gasteiger partial charge in [0.05, 0.1) is 24.9 Å². The summed E-state index contributed by atoms with van der Waals surface area (Å²) in [6.45, 7) is 1.89. The Labute approximate surface area is 209 Å². The zero-order valence-electron chi connectivity index (χ0n) is 20.2. The molecule has 2 heterocycles. The van der Waals surface area contributed by atoms with Crippen LogP contribution in [0.3, 0.4) is 0 Å². The average Bonchev–Trinajstić information content (AvgIpc) is 3.14. The Morgan fingerprint density at radius 1 is 1.08 bits per heavy atom. The van der Waals surface area contributed by atoms with E-state index in [2.05, 4.69) is 26.7 Å². The highest BCUT2D eigenvalue weighted by atomic mass is 16.5. The van der Waals surface area contributed by atoms with Crippen molar-refractivity contribution >= 4 is 11.8 Å². The maximum absolute atomic E-state index is 13.3. The van der Waals surface area contributed by atoms with Crippen molar-refractivity contribution in [2.24, 2.45) is 0 Å². The van der Waals surface area contributed by atoms with Crippen molar-refractivity contribution in [1.29, 1.82) is 0 Å². The fraction of sp³-hybridized carbons (Fsp3) is 0.259. The number of hydrogen-bond donors (Lipinski definition) is 3. The van der Waals surface area contributed by atoms with Gasteiger partial charge in [-0.2, -0.15) is 5.10 Å². The number of aryl methyl sites for hydroxylation is 1. The second-order valence-corrected chi connectivity index (χ2v) is 8.76. The first-order valence-electron chi connectivity index (χ1n) is 11.9. The highest BCUT2D eigenvalue weighted by molar-refractivity contribution is 5.91. The van der Waals surface area contributed by atoms with Crippen molar-refractivity contribution in [3.63, 3.8) is 0 Å². The van der Waals surface area contributed by atoms with E-state index in [9.17, 15) is 9.90 Å². The van der Waals surface area contributed by atoms with E-state index in [0.29, 0.717) is 23.5 Å². The molecule has 0 bridgehead atoms. The van der Waals surface area contributed by atoms with Gasteiger partial charge < -0.3 is 15.2 Å². The van der Waals surface area contributed by atoms with Crippen LogP contribution in [0.4, 0.5) is 10.6 Å². The van der Waals surface area contributed by atoms with Crippen LogP contribution in [0.2, 0.25) is 0 Å². The highest BCUT2D eigenvalue weighted by Gasteiger charge is 2.28. The van der Waals surface area contributed by atoms with E-state index in [4.69, 9.17) is 9.84 Å². The number of carbonyl (C=O) groups is 1. The van der Waals surface area contributed by atoms with Gasteiger partial charge in [0.15, 0.2) is 0 Å². The third-order valence-electron chi connectivity index (χ3n) is 6.45. The van der Waals surface area contributed by atoms with E-state index < -0.39 is 18.2 Å². The number of nitrogens with one attached hydrogen (secondary N) is 2. The van der Waals surface area contributed by atoms with Crippen molar-refractivity contribution in [2.45, 2.75) is 38.3 Å². The first kappa shape index (κ1) is 23.5. The molecule has 0 unspecified atom stereocenters. The van der Waals surface area contributed by atoms with Crippen molar-refractivity contribution in [1.82, 2.24) is 25.1 Å². The molecule has 0 radical (unpaired) electrons. The van der Waals surface area contributed by atoms with Crippen molar-refractivity contribution in [2.75, 3.05) is 12.4 Å². The van der Waals surface area contributed by atoms with Gasteiger partial charge in [-0.25, -0.2) is 19.4 Å². The number of aromatic nitrogens is 4. The Hall–Kier alpha value is -4.24. The summed E-state index contributed by atoms with van der Waals surface area (Å²) in [7, 11) is 1.51. The molecule has 3 N–H and O–H groups in total. The number of aliphatic hydroxyl groups excluding tert-OH is 1. The zero-order chi connectivity index (χ0) is 25.1. The molecule has 0 fully saturated rings. The van der Waals surface area contributed by atoms with Crippen LogP contribution in [0.15, 0.2) is 67.0 Å². The SMILES string of the molecule is COc1ncc(-c2nn(-c3ccccc3)c(NC(=O)N[C@H]3c4ccccc4CCC[C@@H]3O)c2C)cn1. The average molecular weight is 485 g/mol. The zero-order valence-corrected chi connectivity index (χ0v) is 20.2. The van der Waals surface area contributed by atoms with Crippen LogP contribution in [0, 0.1) is 6.92 Å². The summed E-state index contributed by atoms with van der Waals surface area (Å²) in [5.74, 6) is 0.515. The molecule has 2 atom stereocenters. The van der Waals surface area contributed by atoms with Gasteiger partial charge in [0, 0.05) is 23.5 Å². The Morgan fingerprint density at radius 3 is 2.56 bits per heavy atom. The lowest BCUT2D eigenvalue weighted by Crippen LogP contribution is -2.39. The van der Waals surface area contributed by atoms with Gasteiger partial charge in [-0.15, -0.1) is 0 Å². The summed E-state index contributed by atoms with van der Waals surface area (Å²) in [4.78, 5) is 21.7. The number of urea groups is 1. The summed E-state index contributed by atoms with van der Waals surface area (Å²) in [5.41, 5.74) is 4.96. The van der Waals surface area contributed by atoms with Crippen LogP contribution in [0.1, 0.15) is 35.6 Å². The van der Waals surface area contributed by atoms with Crippen LogP contribution >= 0.6 is 0 Å². The van der Waals surface area contributed by atoms with Gasteiger partial charge in [0.25, 0.3) is 0 Å². The minimum atomic E-state index is -0.675. The Balaban J connectivity index is 1.48. The van der Waals surface area contributed by atoms with Crippen LogP contribution in [0.5, 0.6) is 6.01 Å². The molecule has 0 saturated heterocycles. The molecule has 1 aliphatic carbocycles. The molecule has 2 aromatic heterocycles. The fourth-order valence-electron chi connectivity index (χ4n) is 4.62. The molecule has 2 amide bonds. The summed E-state index contributed by atoms with van der Waals surface area (Å²) >= 11 is 0. The number of methoxy groups -OCH3 is 1. The van der Waals surface area contributed by atoms with E-state index >= 15 is 0 Å². The first-order valence-corrected chi connectivity index (χ1v) is 11.9. The number of aliphatic hydroxyl groups is 1. The lowest BCUT2D eigenvalue weighted by atomic mass is 9.98. The molecule has 4 aromatic rings. The number of hydrogen-bond acceptors (Lipinski definition) is 6. The molecular weight excluding hydrogens is 456 g/mol. The van der Waals surface area contributed by atoms with Crippen molar-refractivity contribution < 1.29 is 14.6 Å². The molecule has 36 heavy (non-hydrogen) atoms. The number of rotatable bonds is 5. The van der Waals surface area contributed by atoms with Crippen molar-refractivity contribution in [3.05, 3.63) is 83.7 Å². The topological polar surface area (TPSA) is 114 Å². The Bertz CT molecular complexity index is 1350. The quantitative estimate of drug-likeness (QED) is 0.366. The largest absolute Gasteiger partial charge is 0.467 e. The monoisotopic (exact) mass is 484 g/mol. The van der Waals surface area contributed by atoms with Crippen LogP contribution < -0.4 is 15.4 Å². The summed E-state index contributed by atoms with van der Waals surface area (Å²) in [6, 6.07) is 16.8. The predicted molar refractivity (Wildman–Crippen MR) is 136 cm³/mol. The number of amides is 2. The van der Waals surface area contributed by atoms with Crippen LogP contribution in [0.25, 0.3) is 16.9 Å². The molecule has 2 aromatic carbocycles. The lowest BCUT2D eigenvalue weighted by molar-refractivity contribution is 0.123.